The Kier molecular flexibility index (Phi) is 3.94. The van der Waals surface area contributed by atoms with Gasteiger partial charge in [0.25, 0.3) is 0 Å². The number of carbonyl (C=O) groups excluding carboxylic acids is 1. The Hall–Kier alpha value is -2.90. The predicted molar refractivity (Wildman–Crippen MR) is 70.5 cm³/mol. The zero-order chi connectivity index (χ0) is 14.5. The summed E-state index contributed by atoms with van der Waals surface area (Å²) in [5, 5.41) is 16.8. The molecule has 1 N–H and O–H groups in total. The van der Waals surface area contributed by atoms with Crippen LogP contribution in [0.4, 0.5) is 11.5 Å². The van der Waals surface area contributed by atoms with Gasteiger partial charge in [0.15, 0.2) is 0 Å². The van der Waals surface area contributed by atoms with Crippen LogP contribution in [0.2, 0.25) is 0 Å². The van der Waals surface area contributed by atoms with Gasteiger partial charge in [-0.1, -0.05) is 12.1 Å². The van der Waals surface area contributed by atoms with Gasteiger partial charge >= 0.3 is 5.82 Å². The van der Waals surface area contributed by atoms with Crippen LogP contribution in [0.1, 0.15) is 0 Å². The van der Waals surface area contributed by atoms with E-state index in [0.29, 0.717) is 11.4 Å². The Labute approximate surface area is 114 Å². The van der Waals surface area contributed by atoms with Gasteiger partial charge in [-0.15, -0.1) is 0 Å². The van der Waals surface area contributed by atoms with E-state index in [1.807, 2.05) is 0 Å². The first-order valence-corrected chi connectivity index (χ1v) is 5.71. The van der Waals surface area contributed by atoms with Crippen molar-refractivity contribution in [2.75, 3.05) is 12.4 Å². The molecule has 0 saturated heterocycles. The first-order chi connectivity index (χ1) is 9.60. The largest absolute Gasteiger partial charge is 0.495 e. The lowest BCUT2D eigenvalue weighted by atomic mass is 10.3. The number of rotatable bonds is 5. The van der Waals surface area contributed by atoms with Crippen molar-refractivity contribution in [3.63, 3.8) is 0 Å². The minimum Gasteiger partial charge on any atom is -0.495 e. The first kappa shape index (κ1) is 13.5. The summed E-state index contributed by atoms with van der Waals surface area (Å²) in [5.74, 6) is -0.116. The van der Waals surface area contributed by atoms with Crippen molar-refractivity contribution in [2.24, 2.45) is 0 Å². The van der Waals surface area contributed by atoms with E-state index in [0.717, 1.165) is 0 Å². The van der Waals surface area contributed by atoms with Crippen LogP contribution in [0, 0.1) is 10.1 Å². The van der Waals surface area contributed by atoms with Gasteiger partial charge in [0.2, 0.25) is 5.91 Å². The van der Waals surface area contributed by atoms with Crippen molar-refractivity contribution in [2.45, 2.75) is 6.54 Å². The molecule has 2 rings (SSSR count). The first-order valence-electron chi connectivity index (χ1n) is 5.71. The normalized spacial score (nSPS) is 10.1. The monoisotopic (exact) mass is 276 g/mol. The van der Waals surface area contributed by atoms with Crippen molar-refractivity contribution in [1.29, 1.82) is 0 Å². The van der Waals surface area contributed by atoms with E-state index in [-0.39, 0.29) is 18.3 Å². The van der Waals surface area contributed by atoms with E-state index in [4.69, 9.17) is 4.74 Å². The molecule has 2 aromatic rings. The second kappa shape index (κ2) is 5.83. The SMILES string of the molecule is COc1ccccc1NC(=O)Cn1ccc([N+](=O)[O-])n1. The number of nitro groups is 1. The van der Waals surface area contributed by atoms with Crippen LogP contribution >= 0.6 is 0 Å². The fourth-order valence-electron chi connectivity index (χ4n) is 1.62. The van der Waals surface area contributed by atoms with Crippen LogP contribution in [-0.2, 0) is 11.3 Å². The standard InChI is InChI=1S/C12H12N4O4/c1-20-10-5-3-2-4-9(10)13-12(17)8-15-7-6-11(14-15)16(18)19/h2-7H,8H2,1H3,(H,13,17). The maximum atomic E-state index is 11.8. The summed E-state index contributed by atoms with van der Waals surface area (Å²) in [7, 11) is 1.50. The highest BCUT2D eigenvalue weighted by Crippen LogP contribution is 2.22. The fourth-order valence-corrected chi connectivity index (χ4v) is 1.62. The number of ether oxygens (including phenoxy) is 1. The van der Waals surface area contributed by atoms with Crippen molar-refractivity contribution < 1.29 is 14.5 Å². The van der Waals surface area contributed by atoms with Gasteiger partial charge in [0.05, 0.1) is 30.2 Å². The number of hydrogen-bond acceptors (Lipinski definition) is 5. The minimum absolute atomic E-state index is 0.119. The van der Waals surface area contributed by atoms with Crippen molar-refractivity contribution in [3.8, 4) is 5.75 Å². The lowest BCUT2D eigenvalue weighted by molar-refractivity contribution is -0.389. The summed E-state index contributed by atoms with van der Waals surface area (Å²) in [5.41, 5.74) is 0.529. The molecule has 8 heteroatoms. The highest BCUT2D eigenvalue weighted by molar-refractivity contribution is 5.92. The Balaban J connectivity index is 2.03. The van der Waals surface area contributed by atoms with Gasteiger partial charge in [-0.3, -0.25) is 4.79 Å². The highest BCUT2D eigenvalue weighted by Gasteiger charge is 2.14. The Morgan fingerprint density at radius 3 is 2.85 bits per heavy atom. The summed E-state index contributed by atoms with van der Waals surface area (Å²) in [6, 6.07) is 8.19. The third-order valence-corrected chi connectivity index (χ3v) is 2.50. The number of methoxy groups -OCH3 is 1. The number of aromatic nitrogens is 2. The smallest absolute Gasteiger partial charge is 0.389 e. The molecule has 0 bridgehead atoms. The molecule has 0 aliphatic carbocycles. The van der Waals surface area contributed by atoms with E-state index in [1.165, 1.54) is 24.1 Å². The second-order valence-corrected chi connectivity index (χ2v) is 3.88. The van der Waals surface area contributed by atoms with Crippen molar-refractivity contribution >= 4 is 17.4 Å². The van der Waals surface area contributed by atoms with Gasteiger partial charge in [-0.05, 0) is 17.1 Å². The fraction of sp³-hybridized carbons (Fsp3) is 0.167. The maximum Gasteiger partial charge on any atom is 0.389 e. The Morgan fingerprint density at radius 1 is 1.45 bits per heavy atom. The van der Waals surface area contributed by atoms with Gasteiger partial charge in [0, 0.05) is 0 Å². The number of carbonyl (C=O) groups is 1. The second-order valence-electron chi connectivity index (χ2n) is 3.88. The molecule has 1 aromatic carbocycles. The maximum absolute atomic E-state index is 11.8. The van der Waals surface area contributed by atoms with E-state index in [2.05, 4.69) is 10.4 Å². The summed E-state index contributed by atoms with van der Waals surface area (Å²) in [6.07, 6.45) is 1.37. The molecular weight excluding hydrogens is 264 g/mol. The average molecular weight is 276 g/mol. The molecule has 0 fully saturated rings. The van der Waals surface area contributed by atoms with Crippen molar-refractivity contribution in [1.82, 2.24) is 9.78 Å². The molecule has 104 valence electrons. The molecule has 0 atom stereocenters. The van der Waals surface area contributed by atoms with E-state index < -0.39 is 4.92 Å². The van der Waals surface area contributed by atoms with E-state index >= 15 is 0 Å². The molecule has 8 nitrogen and oxygen atoms in total. The molecule has 0 spiro atoms. The van der Waals surface area contributed by atoms with Crippen molar-refractivity contribution in [3.05, 3.63) is 46.6 Å². The van der Waals surface area contributed by atoms with Crippen LogP contribution in [0.3, 0.4) is 0 Å². The summed E-state index contributed by atoms with van der Waals surface area (Å²) >= 11 is 0. The lowest BCUT2D eigenvalue weighted by Crippen LogP contribution is -2.19. The molecule has 1 heterocycles. The number of hydrogen-bond donors (Lipinski definition) is 1. The lowest BCUT2D eigenvalue weighted by Gasteiger charge is -2.08. The third kappa shape index (κ3) is 3.10. The number of nitrogens with zero attached hydrogens (tertiary/aromatic N) is 3. The van der Waals surface area contributed by atoms with E-state index in [1.54, 1.807) is 24.3 Å². The summed E-state index contributed by atoms with van der Waals surface area (Å²) in [4.78, 5) is 21.7. The molecule has 0 unspecified atom stereocenters. The number of amides is 1. The van der Waals surface area contributed by atoms with Crippen LogP contribution < -0.4 is 10.1 Å². The van der Waals surface area contributed by atoms with Crippen LogP contribution in [0.15, 0.2) is 36.5 Å². The zero-order valence-electron chi connectivity index (χ0n) is 10.6. The highest BCUT2D eigenvalue weighted by atomic mass is 16.6. The van der Waals surface area contributed by atoms with Crippen LogP contribution in [0.5, 0.6) is 5.75 Å². The molecule has 0 aliphatic rings. The van der Waals surface area contributed by atoms with Gasteiger partial charge in [-0.25, -0.2) is 0 Å². The third-order valence-electron chi connectivity index (χ3n) is 2.50. The summed E-state index contributed by atoms with van der Waals surface area (Å²) in [6.45, 7) is -0.119. The topological polar surface area (TPSA) is 99.3 Å². The van der Waals surface area contributed by atoms with Crippen LogP contribution in [0.25, 0.3) is 0 Å². The molecule has 0 aliphatic heterocycles. The molecule has 1 amide bonds. The van der Waals surface area contributed by atoms with E-state index in [9.17, 15) is 14.9 Å². The van der Waals surface area contributed by atoms with Gasteiger partial charge < -0.3 is 20.2 Å². The average Bonchev–Trinajstić information content (AvgIpc) is 2.88. The number of nitrogens with one attached hydrogen (secondary N) is 1. The molecular formula is C12H12N4O4. The van der Waals surface area contributed by atoms with Gasteiger partial charge in [0.1, 0.15) is 12.3 Å². The Bertz CT molecular complexity index is 638. The van der Waals surface area contributed by atoms with Crippen LogP contribution in [-0.4, -0.2) is 27.7 Å². The molecule has 0 saturated carbocycles. The number of anilines is 1. The van der Waals surface area contributed by atoms with Gasteiger partial charge in [-0.2, -0.15) is 4.68 Å². The molecule has 0 radical (unpaired) electrons. The molecule has 20 heavy (non-hydrogen) atoms. The zero-order valence-corrected chi connectivity index (χ0v) is 10.6. The predicted octanol–water partition coefficient (Wildman–Crippen LogP) is 1.44. The summed E-state index contributed by atoms with van der Waals surface area (Å²) < 4.78 is 6.30. The molecule has 1 aromatic heterocycles. The number of benzene rings is 1. The Morgan fingerprint density at radius 2 is 2.20 bits per heavy atom. The minimum atomic E-state index is -0.616. The number of para-hydroxylation sites is 2. The quantitative estimate of drug-likeness (QED) is 0.658.